The molecule has 26 heavy (non-hydrogen) atoms. The van der Waals surface area contributed by atoms with Crippen LogP contribution in [-0.4, -0.2) is 65.9 Å². The Morgan fingerprint density at radius 2 is 2.00 bits per heavy atom. The van der Waals surface area contributed by atoms with Gasteiger partial charge in [-0.15, -0.1) is 11.3 Å². The molecule has 4 amide bonds. The largest absolute Gasteiger partial charge is 0.452 e. The second-order valence-electron chi connectivity index (χ2n) is 6.34. The Morgan fingerprint density at radius 3 is 2.58 bits per heavy atom. The Kier molecular flexibility index (Phi) is 5.55. The van der Waals surface area contributed by atoms with Gasteiger partial charge in [0.25, 0.3) is 11.8 Å². The van der Waals surface area contributed by atoms with Gasteiger partial charge in [-0.3, -0.25) is 19.3 Å². The summed E-state index contributed by atoms with van der Waals surface area (Å²) in [5.74, 6) is -1.33. The zero-order chi connectivity index (χ0) is 18.7. The molecule has 140 valence electrons. The molecule has 1 aromatic rings. The van der Waals surface area contributed by atoms with E-state index in [0.29, 0.717) is 37.4 Å². The molecule has 3 heterocycles. The van der Waals surface area contributed by atoms with Gasteiger partial charge in [0.2, 0.25) is 0 Å². The number of likely N-dealkylation sites (tertiary alicyclic amines) is 1. The molecule has 9 heteroatoms. The molecular weight excluding hydrogens is 358 g/mol. The van der Waals surface area contributed by atoms with Crippen molar-refractivity contribution in [3.8, 4) is 0 Å². The number of amides is 4. The van der Waals surface area contributed by atoms with Crippen molar-refractivity contribution in [1.29, 1.82) is 0 Å². The van der Waals surface area contributed by atoms with Crippen LogP contribution in [0, 0.1) is 5.92 Å². The number of nitrogens with one attached hydrogen (secondary N) is 1. The number of carbonyl (C=O) groups excluding carboxylic acids is 4. The van der Waals surface area contributed by atoms with Crippen molar-refractivity contribution >= 4 is 35.2 Å². The van der Waals surface area contributed by atoms with Crippen LogP contribution in [0.3, 0.4) is 0 Å². The Balaban J connectivity index is 1.48. The molecule has 1 N–H and O–H groups in total. The number of thiophene rings is 1. The van der Waals surface area contributed by atoms with Gasteiger partial charge in [0, 0.05) is 26.2 Å². The minimum atomic E-state index is -1.00. The van der Waals surface area contributed by atoms with Gasteiger partial charge in [0.1, 0.15) is 0 Å². The standard InChI is InChI=1S/C17H21N3O5S/c1-11(14(21)20-9-6-18-17(20)24)25-16(23)12-4-7-19(8-5-12)15(22)13-3-2-10-26-13/h2-3,10-12H,4-9H2,1H3,(H,18,24)/t11-/m0/s1. The summed E-state index contributed by atoms with van der Waals surface area (Å²) in [7, 11) is 0. The Labute approximate surface area is 155 Å². The van der Waals surface area contributed by atoms with Gasteiger partial charge in [0.05, 0.1) is 10.8 Å². The van der Waals surface area contributed by atoms with Crippen molar-refractivity contribution in [2.24, 2.45) is 5.92 Å². The molecule has 1 aromatic heterocycles. The highest BCUT2D eigenvalue weighted by atomic mass is 32.1. The maximum Gasteiger partial charge on any atom is 0.324 e. The second kappa shape index (κ2) is 7.86. The molecule has 2 aliphatic heterocycles. The molecule has 0 unspecified atom stereocenters. The van der Waals surface area contributed by atoms with Crippen LogP contribution in [0.2, 0.25) is 0 Å². The van der Waals surface area contributed by atoms with Gasteiger partial charge < -0.3 is 15.0 Å². The number of hydrogen-bond acceptors (Lipinski definition) is 6. The molecule has 0 spiro atoms. The first-order valence-electron chi connectivity index (χ1n) is 8.60. The molecule has 0 saturated carbocycles. The number of rotatable bonds is 4. The zero-order valence-corrected chi connectivity index (χ0v) is 15.3. The first-order chi connectivity index (χ1) is 12.5. The molecular formula is C17H21N3O5S. The predicted octanol–water partition coefficient (Wildman–Crippen LogP) is 1.08. The predicted molar refractivity (Wildman–Crippen MR) is 93.6 cm³/mol. The Hall–Kier alpha value is -2.42. The SMILES string of the molecule is C[C@H](OC(=O)C1CCN(C(=O)c2cccs2)CC1)C(=O)N1CCNC1=O. The molecule has 1 atom stereocenters. The van der Waals surface area contributed by atoms with E-state index in [1.807, 2.05) is 11.4 Å². The molecule has 3 rings (SSSR count). The first kappa shape index (κ1) is 18.4. The molecule has 8 nitrogen and oxygen atoms in total. The van der Waals surface area contributed by atoms with Gasteiger partial charge in [-0.1, -0.05) is 6.07 Å². The highest BCUT2D eigenvalue weighted by Gasteiger charge is 2.34. The lowest BCUT2D eigenvalue weighted by Gasteiger charge is -2.31. The van der Waals surface area contributed by atoms with Crippen LogP contribution in [0.15, 0.2) is 17.5 Å². The van der Waals surface area contributed by atoms with Crippen molar-refractivity contribution in [2.75, 3.05) is 26.2 Å². The smallest absolute Gasteiger partial charge is 0.324 e. The maximum atomic E-state index is 12.3. The Morgan fingerprint density at radius 1 is 1.27 bits per heavy atom. The summed E-state index contributed by atoms with van der Waals surface area (Å²) in [5.41, 5.74) is 0. The third kappa shape index (κ3) is 3.87. The van der Waals surface area contributed by atoms with E-state index in [1.54, 1.807) is 11.0 Å². The summed E-state index contributed by atoms with van der Waals surface area (Å²) in [6.07, 6.45) is -0.000555. The van der Waals surface area contributed by atoms with Crippen molar-refractivity contribution in [1.82, 2.24) is 15.1 Å². The van der Waals surface area contributed by atoms with Crippen LogP contribution in [0.5, 0.6) is 0 Å². The third-order valence-electron chi connectivity index (χ3n) is 4.61. The van der Waals surface area contributed by atoms with Crippen molar-refractivity contribution in [3.63, 3.8) is 0 Å². The number of esters is 1. The maximum absolute atomic E-state index is 12.3. The van der Waals surface area contributed by atoms with E-state index >= 15 is 0 Å². The van der Waals surface area contributed by atoms with E-state index in [0.717, 1.165) is 4.90 Å². The molecule has 0 aliphatic carbocycles. The molecule has 0 aromatic carbocycles. The second-order valence-corrected chi connectivity index (χ2v) is 7.29. The number of hydrogen-bond donors (Lipinski definition) is 1. The van der Waals surface area contributed by atoms with Gasteiger partial charge in [-0.05, 0) is 31.2 Å². The number of carbonyl (C=O) groups is 4. The third-order valence-corrected chi connectivity index (χ3v) is 5.47. The molecule has 2 fully saturated rings. The lowest BCUT2D eigenvalue weighted by atomic mass is 9.97. The normalized spacial score (nSPS) is 19.2. The topological polar surface area (TPSA) is 96.0 Å². The van der Waals surface area contributed by atoms with Crippen LogP contribution in [-0.2, 0) is 14.3 Å². The summed E-state index contributed by atoms with van der Waals surface area (Å²) >= 11 is 1.40. The average molecular weight is 379 g/mol. The highest BCUT2D eigenvalue weighted by molar-refractivity contribution is 7.12. The highest BCUT2D eigenvalue weighted by Crippen LogP contribution is 2.22. The summed E-state index contributed by atoms with van der Waals surface area (Å²) in [4.78, 5) is 51.8. The number of imide groups is 1. The lowest BCUT2D eigenvalue weighted by molar-refractivity contribution is -0.162. The average Bonchev–Trinajstić information content (AvgIpc) is 3.32. The number of nitrogens with zero attached hydrogens (tertiary/aromatic N) is 2. The zero-order valence-electron chi connectivity index (χ0n) is 14.5. The monoisotopic (exact) mass is 379 g/mol. The van der Waals surface area contributed by atoms with Crippen molar-refractivity contribution < 1.29 is 23.9 Å². The molecule has 0 radical (unpaired) electrons. The van der Waals surface area contributed by atoms with E-state index < -0.39 is 24.0 Å². The minimum absolute atomic E-state index is 0.0181. The van der Waals surface area contributed by atoms with Gasteiger partial charge >= 0.3 is 12.0 Å². The van der Waals surface area contributed by atoms with Gasteiger partial charge in [0.15, 0.2) is 6.10 Å². The van der Waals surface area contributed by atoms with Crippen LogP contribution in [0.25, 0.3) is 0 Å². The van der Waals surface area contributed by atoms with Crippen LogP contribution >= 0.6 is 11.3 Å². The van der Waals surface area contributed by atoms with Crippen LogP contribution in [0.4, 0.5) is 4.79 Å². The molecule has 2 aliphatic rings. The van der Waals surface area contributed by atoms with Crippen molar-refractivity contribution in [3.05, 3.63) is 22.4 Å². The molecule has 0 bridgehead atoms. The Bertz CT molecular complexity index is 697. The lowest BCUT2D eigenvalue weighted by Crippen LogP contribution is -2.44. The van der Waals surface area contributed by atoms with E-state index in [2.05, 4.69) is 5.32 Å². The van der Waals surface area contributed by atoms with E-state index in [4.69, 9.17) is 4.74 Å². The fourth-order valence-corrected chi connectivity index (χ4v) is 3.79. The number of piperidine rings is 1. The number of urea groups is 1. The summed E-state index contributed by atoms with van der Waals surface area (Å²) in [6.45, 7) is 3.12. The van der Waals surface area contributed by atoms with Crippen LogP contribution < -0.4 is 5.32 Å². The summed E-state index contributed by atoms with van der Waals surface area (Å²) in [5, 5.41) is 4.40. The first-order valence-corrected chi connectivity index (χ1v) is 9.48. The van der Waals surface area contributed by atoms with Gasteiger partial charge in [-0.25, -0.2) is 4.79 Å². The molecule has 2 saturated heterocycles. The van der Waals surface area contributed by atoms with E-state index in [-0.39, 0.29) is 18.4 Å². The summed E-state index contributed by atoms with van der Waals surface area (Å²) < 4.78 is 5.27. The van der Waals surface area contributed by atoms with Crippen LogP contribution in [0.1, 0.15) is 29.4 Å². The number of ether oxygens (including phenoxy) is 1. The fourth-order valence-electron chi connectivity index (χ4n) is 3.10. The van der Waals surface area contributed by atoms with Gasteiger partial charge in [-0.2, -0.15) is 0 Å². The van der Waals surface area contributed by atoms with E-state index in [1.165, 1.54) is 18.3 Å². The fraction of sp³-hybridized carbons (Fsp3) is 0.529. The quantitative estimate of drug-likeness (QED) is 0.790. The summed E-state index contributed by atoms with van der Waals surface area (Å²) in [6, 6.07) is 3.16. The van der Waals surface area contributed by atoms with E-state index in [9.17, 15) is 19.2 Å². The van der Waals surface area contributed by atoms with Crippen molar-refractivity contribution in [2.45, 2.75) is 25.9 Å². The minimum Gasteiger partial charge on any atom is -0.452 e.